The van der Waals surface area contributed by atoms with Gasteiger partial charge in [0.25, 0.3) is 0 Å². The van der Waals surface area contributed by atoms with Crippen molar-refractivity contribution in [3.63, 3.8) is 0 Å². The van der Waals surface area contributed by atoms with Crippen LogP contribution in [0.25, 0.3) is 0 Å². The Morgan fingerprint density at radius 3 is 2.17 bits per heavy atom. The van der Waals surface area contributed by atoms with E-state index in [-0.39, 0.29) is 6.29 Å². The van der Waals surface area contributed by atoms with Gasteiger partial charge in [0.2, 0.25) is 0 Å². The third-order valence-corrected chi connectivity index (χ3v) is 2.82. The van der Waals surface area contributed by atoms with Gasteiger partial charge in [-0.15, -0.1) is 0 Å². The van der Waals surface area contributed by atoms with Crippen molar-refractivity contribution in [2.75, 3.05) is 27.6 Å². The fourth-order valence-corrected chi connectivity index (χ4v) is 1.17. The highest BCUT2D eigenvalue weighted by Gasteiger charge is 2.21. The van der Waals surface area contributed by atoms with Gasteiger partial charge in [0.1, 0.15) is 6.29 Å². The summed E-state index contributed by atoms with van der Waals surface area (Å²) in [5.74, 6) is 0. The van der Waals surface area contributed by atoms with E-state index in [1.165, 1.54) is 21.3 Å². The standard InChI is InChI=1S/C5H12NO5P/c1-9-5(7)6-4-12(8,10-2)11-3/h4H2,1-3H3,(H,6,7). The molecule has 0 aliphatic carbocycles. The van der Waals surface area contributed by atoms with Crippen LogP contribution in [0.2, 0.25) is 0 Å². The van der Waals surface area contributed by atoms with Crippen LogP contribution in [0, 0.1) is 0 Å². The quantitative estimate of drug-likeness (QED) is 0.674. The molecular weight excluding hydrogens is 185 g/mol. The third kappa shape index (κ3) is 3.71. The van der Waals surface area contributed by atoms with Gasteiger partial charge in [-0.3, -0.25) is 4.57 Å². The molecule has 0 spiro atoms. The maximum absolute atomic E-state index is 11.3. The van der Waals surface area contributed by atoms with E-state index in [2.05, 4.69) is 19.1 Å². The second-order valence-corrected chi connectivity index (χ2v) is 4.07. The summed E-state index contributed by atoms with van der Waals surface area (Å²) in [7, 11) is 0.527. The first-order valence-corrected chi connectivity index (χ1v) is 4.83. The lowest BCUT2D eigenvalue weighted by Crippen LogP contribution is -2.24. The second kappa shape index (κ2) is 5.13. The molecule has 1 amide bonds. The first kappa shape index (κ1) is 11.4. The molecule has 12 heavy (non-hydrogen) atoms. The third-order valence-electron chi connectivity index (χ3n) is 1.16. The number of carbonyl (C=O) groups is 1. The smallest absolute Gasteiger partial charge is 0.407 e. The number of alkyl carbamates (subject to hydrolysis) is 1. The zero-order chi connectivity index (χ0) is 9.61. The van der Waals surface area contributed by atoms with Crippen LogP contribution in [0.1, 0.15) is 0 Å². The average molecular weight is 197 g/mol. The van der Waals surface area contributed by atoms with Gasteiger partial charge in [0.15, 0.2) is 0 Å². The van der Waals surface area contributed by atoms with Crippen LogP contribution in [-0.4, -0.2) is 33.7 Å². The summed E-state index contributed by atoms with van der Waals surface area (Å²) in [5, 5.41) is 2.20. The predicted molar refractivity (Wildman–Crippen MR) is 42.0 cm³/mol. The maximum Gasteiger partial charge on any atom is 0.407 e. The number of hydrogen-bond donors (Lipinski definition) is 1. The first-order valence-electron chi connectivity index (χ1n) is 3.10. The van der Waals surface area contributed by atoms with Crippen molar-refractivity contribution in [1.29, 1.82) is 0 Å². The van der Waals surface area contributed by atoms with Crippen molar-refractivity contribution in [2.24, 2.45) is 0 Å². The number of carbonyl (C=O) groups excluding carboxylic acids is 1. The molecule has 0 aromatic rings. The largest absolute Gasteiger partial charge is 0.453 e. The Bertz CT molecular complexity index is 186. The highest BCUT2D eigenvalue weighted by atomic mass is 31.2. The van der Waals surface area contributed by atoms with Crippen molar-refractivity contribution in [2.45, 2.75) is 0 Å². The van der Waals surface area contributed by atoms with Crippen LogP contribution in [0.4, 0.5) is 4.79 Å². The molecule has 0 aromatic heterocycles. The summed E-state index contributed by atoms with van der Waals surface area (Å²) in [5.41, 5.74) is 0. The van der Waals surface area contributed by atoms with E-state index in [1.54, 1.807) is 0 Å². The van der Waals surface area contributed by atoms with Gasteiger partial charge < -0.3 is 19.1 Å². The van der Waals surface area contributed by atoms with E-state index in [9.17, 15) is 9.36 Å². The number of methoxy groups -OCH3 is 1. The minimum atomic E-state index is -3.16. The van der Waals surface area contributed by atoms with Gasteiger partial charge in [-0.25, -0.2) is 4.79 Å². The van der Waals surface area contributed by atoms with Gasteiger partial charge in [0.05, 0.1) is 7.11 Å². The zero-order valence-corrected chi connectivity index (χ0v) is 8.09. The van der Waals surface area contributed by atoms with Crippen molar-refractivity contribution >= 4 is 13.7 Å². The highest BCUT2D eigenvalue weighted by Crippen LogP contribution is 2.44. The topological polar surface area (TPSA) is 73.9 Å². The molecular formula is C5H12NO5P. The van der Waals surface area contributed by atoms with E-state index in [0.717, 1.165) is 0 Å². The van der Waals surface area contributed by atoms with Crippen molar-refractivity contribution < 1.29 is 23.1 Å². The van der Waals surface area contributed by atoms with Gasteiger partial charge in [0, 0.05) is 14.2 Å². The Balaban J connectivity index is 3.89. The Hall–Kier alpha value is -0.580. The van der Waals surface area contributed by atoms with Gasteiger partial charge in [-0.2, -0.15) is 0 Å². The summed E-state index contributed by atoms with van der Waals surface area (Å²) < 4.78 is 24.6. The molecule has 0 aliphatic heterocycles. The molecule has 0 aromatic carbocycles. The van der Waals surface area contributed by atoms with Gasteiger partial charge >= 0.3 is 13.7 Å². The summed E-state index contributed by atoms with van der Waals surface area (Å²) in [6, 6.07) is 0. The van der Waals surface area contributed by atoms with Crippen molar-refractivity contribution in [3.8, 4) is 0 Å². The molecule has 0 unspecified atom stereocenters. The minimum absolute atomic E-state index is 0.202. The molecule has 0 rings (SSSR count). The molecule has 6 nitrogen and oxygen atoms in total. The number of nitrogens with one attached hydrogen (secondary N) is 1. The molecule has 0 aliphatic rings. The molecule has 7 heteroatoms. The SMILES string of the molecule is COC(=O)NCP(=O)(OC)OC. The normalized spacial score (nSPS) is 10.9. The van der Waals surface area contributed by atoms with Crippen LogP contribution < -0.4 is 5.32 Å². The maximum atomic E-state index is 11.3. The number of rotatable bonds is 4. The molecule has 0 saturated heterocycles. The van der Waals surface area contributed by atoms with Gasteiger partial charge in [-0.05, 0) is 0 Å². The lowest BCUT2D eigenvalue weighted by molar-refractivity contribution is 0.171. The molecule has 1 N–H and O–H groups in total. The fourth-order valence-electron chi connectivity index (χ4n) is 0.437. The van der Waals surface area contributed by atoms with E-state index in [0.29, 0.717) is 0 Å². The number of ether oxygens (including phenoxy) is 1. The number of hydrogen-bond acceptors (Lipinski definition) is 5. The summed E-state index contributed by atoms with van der Waals surface area (Å²) in [6.07, 6.45) is -0.878. The monoisotopic (exact) mass is 197 g/mol. The Labute approximate surface area is 70.7 Å². The molecule has 0 heterocycles. The average Bonchev–Trinajstić information content (AvgIpc) is 2.13. The fraction of sp³-hybridized carbons (Fsp3) is 0.800. The van der Waals surface area contributed by atoms with Crippen LogP contribution in [0.3, 0.4) is 0 Å². The molecule has 0 fully saturated rings. The Kier molecular flexibility index (Phi) is 4.89. The lowest BCUT2D eigenvalue weighted by Gasteiger charge is -2.13. The van der Waals surface area contributed by atoms with E-state index >= 15 is 0 Å². The summed E-state index contributed by atoms with van der Waals surface area (Å²) >= 11 is 0. The molecule has 0 saturated carbocycles. The van der Waals surface area contributed by atoms with E-state index in [4.69, 9.17) is 0 Å². The minimum Gasteiger partial charge on any atom is -0.453 e. The second-order valence-electron chi connectivity index (χ2n) is 1.80. The van der Waals surface area contributed by atoms with Crippen LogP contribution >= 0.6 is 7.60 Å². The first-order chi connectivity index (χ1) is 5.58. The molecule has 0 bridgehead atoms. The zero-order valence-electron chi connectivity index (χ0n) is 7.20. The van der Waals surface area contributed by atoms with E-state index < -0.39 is 13.7 Å². The Morgan fingerprint density at radius 1 is 1.33 bits per heavy atom. The lowest BCUT2D eigenvalue weighted by atomic mass is 11.1. The summed E-state index contributed by atoms with van der Waals surface area (Å²) in [6.45, 7) is 0. The van der Waals surface area contributed by atoms with Crippen LogP contribution in [0.15, 0.2) is 0 Å². The number of amides is 1. The predicted octanol–water partition coefficient (Wildman–Crippen LogP) is 0.786. The van der Waals surface area contributed by atoms with Crippen LogP contribution in [0.5, 0.6) is 0 Å². The molecule has 0 radical (unpaired) electrons. The van der Waals surface area contributed by atoms with Gasteiger partial charge in [-0.1, -0.05) is 0 Å². The van der Waals surface area contributed by atoms with E-state index in [1.807, 2.05) is 0 Å². The van der Waals surface area contributed by atoms with Crippen molar-refractivity contribution in [3.05, 3.63) is 0 Å². The van der Waals surface area contributed by atoms with Crippen molar-refractivity contribution in [1.82, 2.24) is 5.32 Å². The van der Waals surface area contributed by atoms with Crippen LogP contribution in [-0.2, 0) is 18.3 Å². The highest BCUT2D eigenvalue weighted by molar-refractivity contribution is 7.53. The summed E-state index contributed by atoms with van der Waals surface area (Å²) in [4.78, 5) is 10.5. The molecule has 0 atom stereocenters. The Morgan fingerprint density at radius 2 is 1.83 bits per heavy atom. The molecule has 72 valence electrons.